The van der Waals surface area contributed by atoms with E-state index in [0.717, 1.165) is 6.54 Å². The maximum atomic E-state index is 12.4. The van der Waals surface area contributed by atoms with Crippen LogP contribution in [0.15, 0.2) is 23.1 Å². The van der Waals surface area contributed by atoms with Gasteiger partial charge < -0.3 is 14.7 Å². The van der Waals surface area contributed by atoms with Crippen LogP contribution < -0.4 is 4.74 Å². The van der Waals surface area contributed by atoms with Gasteiger partial charge in [-0.2, -0.15) is 0 Å². The molecule has 0 aliphatic carbocycles. The Kier molecular flexibility index (Phi) is 8.93. The number of hydrogen-bond donors (Lipinski definition) is 1. The molecule has 0 heterocycles. The highest BCUT2D eigenvalue weighted by Crippen LogP contribution is 2.23. The molecule has 22 heavy (non-hydrogen) atoms. The molecule has 0 saturated carbocycles. The third-order valence-electron chi connectivity index (χ3n) is 2.83. The summed E-state index contributed by atoms with van der Waals surface area (Å²) >= 11 is 0. The first-order valence-corrected chi connectivity index (χ1v) is 7.75. The first-order valence-electron chi connectivity index (χ1n) is 6.64. The molecule has 1 N–H and O–H groups in total. The summed E-state index contributed by atoms with van der Waals surface area (Å²) < 4.78 is 19.3. The molecule has 0 amide bonds. The Labute approximate surface area is 135 Å². The molecular formula is C15H26N2O4S. The van der Waals surface area contributed by atoms with Crippen LogP contribution in [0.2, 0.25) is 0 Å². The number of carboxylic acid groups (broad SMARTS) is 1. The minimum Gasteiger partial charge on any atom is -0.493 e. The lowest BCUT2D eigenvalue weighted by Gasteiger charge is -2.19. The van der Waals surface area contributed by atoms with Crippen molar-refractivity contribution < 1.29 is 18.8 Å². The van der Waals surface area contributed by atoms with E-state index in [1.54, 1.807) is 30.4 Å². The predicted octanol–water partition coefficient (Wildman–Crippen LogP) is 1.94. The van der Waals surface area contributed by atoms with E-state index in [1.165, 1.54) is 6.07 Å². The molecular weight excluding hydrogens is 304 g/mol. The molecule has 0 fully saturated rings. The average Bonchev–Trinajstić information content (AvgIpc) is 2.44. The van der Waals surface area contributed by atoms with Gasteiger partial charge in [-0.05, 0) is 39.2 Å². The van der Waals surface area contributed by atoms with Crippen LogP contribution in [0.5, 0.6) is 5.75 Å². The molecule has 0 aromatic heterocycles. The van der Waals surface area contributed by atoms with Crippen molar-refractivity contribution in [3.63, 3.8) is 0 Å². The van der Waals surface area contributed by atoms with Crippen LogP contribution in [0, 0.1) is 0 Å². The third kappa shape index (κ3) is 5.75. The lowest BCUT2D eigenvalue weighted by Crippen LogP contribution is -2.30. The fraction of sp³-hybridized carbons (Fsp3) is 0.533. The number of nitrogens with zero attached hydrogens (tertiary/aromatic N) is 2. The van der Waals surface area contributed by atoms with E-state index in [4.69, 9.17) is 4.74 Å². The fourth-order valence-electron chi connectivity index (χ4n) is 1.67. The summed E-state index contributed by atoms with van der Waals surface area (Å²) in [5, 5.41) is 9.21. The van der Waals surface area contributed by atoms with E-state index < -0.39 is 17.0 Å². The summed E-state index contributed by atoms with van der Waals surface area (Å²) in [4.78, 5) is 13.7. The summed E-state index contributed by atoms with van der Waals surface area (Å²) in [5.41, 5.74) is 0.0312. The summed E-state index contributed by atoms with van der Waals surface area (Å²) in [6, 6.07) is 4.61. The molecule has 1 unspecified atom stereocenters. The molecule has 1 aromatic rings. The molecule has 0 spiro atoms. The highest BCUT2D eigenvalue weighted by Gasteiger charge is 2.17. The number of likely N-dealkylation sites (N-methyl/N-ethyl adjacent to an activating group) is 2. The maximum Gasteiger partial charge on any atom is 0.339 e. The fourth-order valence-corrected chi connectivity index (χ4v) is 2.68. The second-order valence-electron chi connectivity index (χ2n) is 4.80. The Bertz CT molecular complexity index is 520. The molecule has 7 heteroatoms. The summed E-state index contributed by atoms with van der Waals surface area (Å²) in [6.45, 7) is 3.55. The first kappa shape index (κ1) is 20.6. The van der Waals surface area contributed by atoms with Crippen LogP contribution in [0.4, 0.5) is 0 Å². The molecule has 0 aliphatic heterocycles. The highest BCUT2D eigenvalue weighted by molar-refractivity contribution is 7.82. The lowest BCUT2D eigenvalue weighted by molar-refractivity contribution is 0.0692. The Balaban J connectivity index is 0.00000441. The van der Waals surface area contributed by atoms with Crippen LogP contribution >= 0.6 is 0 Å². The van der Waals surface area contributed by atoms with Gasteiger partial charge in [-0.15, -0.1) is 0 Å². The van der Waals surface area contributed by atoms with E-state index in [1.807, 2.05) is 19.0 Å². The number of benzene rings is 1. The Hall–Kier alpha value is -1.44. The molecule has 0 aliphatic rings. The minimum atomic E-state index is -1.40. The quantitative estimate of drug-likeness (QED) is 0.789. The number of ether oxygens (including phenoxy) is 1. The van der Waals surface area contributed by atoms with Crippen molar-refractivity contribution in [2.45, 2.75) is 19.2 Å². The molecule has 1 aromatic carbocycles. The largest absolute Gasteiger partial charge is 0.493 e. The van der Waals surface area contributed by atoms with Gasteiger partial charge in [0, 0.05) is 20.1 Å². The lowest BCUT2D eigenvalue weighted by atomic mass is 10.2. The number of carboxylic acids is 1. The molecule has 1 rings (SSSR count). The van der Waals surface area contributed by atoms with Crippen LogP contribution in [0.1, 0.15) is 24.7 Å². The van der Waals surface area contributed by atoms with Gasteiger partial charge in [-0.25, -0.2) is 13.3 Å². The number of carbonyl (C=O) groups is 1. The topological polar surface area (TPSA) is 70.1 Å². The molecule has 126 valence electrons. The highest BCUT2D eigenvalue weighted by atomic mass is 32.2. The summed E-state index contributed by atoms with van der Waals surface area (Å²) in [5.74, 6) is -0.796. The third-order valence-corrected chi connectivity index (χ3v) is 4.23. The number of hydrogen-bond acceptors (Lipinski definition) is 4. The van der Waals surface area contributed by atoms with E-state index in [2.05, 4.69) is 0 Å². The van der Waals surface area contributed by atoms with Crippen LogP contribution in [-0.2, 0) is 11.0 Å². The zero-order valence-electron chi connectivity index (χ0n) is 12.8. The van der Waals surface area contributed by atoms with E-state index in [-0.39, 0.29) is 13.0 Å². The monoisotopic (exact) mass is 330 g/mol. The molecule has 6 nitrogen and oxygen atoms in total. The first-order chi connectivity index (χ1) is 9.86. The Morgan fingerprint density at radius 2 is 1.91 bits per heavy atom. The van der Waals surface area contributed by atoms with Crippen molar-refractivity contribution in [1.29, 1.82) is 0 Å². The number of aromatic carboxylic acids is 1. The van der Waals surface area contributed by atoms with Crippen molar-refractivity contribution in [3.8, 4) is 5.75 Å². The van der Waals surface area contributed by atoms with Crippen molar-refractivity contribution >= 4 is 17.0 Å². The van der Waals surface area contributed by atoms with Gasteiger partial charge in [0.05, 0.1) is 11.5 Å². The van der Waals surface area contributed by atoms with Crippen molar-refractivity contribution in [1.82, 2.24) is 9.21 Å². The standard InChI is InChI=1S/C14H22N2O4S.CH4/c1-5-20-13-7-6-11(10-12(13)14(17)18)21(19)16(4)9-8-15(2)3;/h6-7,10H,5,8-9H2,1-4H3,(H,17,18);1H4. The number of rotatable bonds is 8. The zero-order chi connectivity index (χ0) is 16.0. The summed E-state index contributed by atoms with van der Waals surface area (Å²) in [7, 11) is 4.23. The zero-order valence-corrected chi connectivity index (χ0v) is 13.6. The van der Waals surface area contributed by atoms with Crippen LogP contribution in [-0.4, -0.2) is 65.3 Å². The van der Waals surface area contributed by atoms with Gasteiger partial charge in [0.2, 0.25) is 0 Å². The molecule has 0 bridgehead atoms. The second kappa shape index (κ2) is 9.55. The predicted molar refractivity (Wildman–Crippen MR) is 88.9 cm³/mol. The van der Waals surface area contributed by atoms with Gasteiger partial charge >= 0.3 is 5.97 Å². The van der Waals surface area contributed by atoms with Gasteiger partial charge in [0.15, 0.2) is 0 Å². The normalized spacial score (nSPS) is 12.1. The van der Waals surface area contributed by atoms with Crippen molar-refractivity contribution in [2.24, 2.45) is 0 Å². The van der Waals surface area contributed by atoms with Crippen molar-refractivity contribution in [2.75, 3.05) is 40.8 Å². The molecule has 1 atom stereocenters. The smallest absolute Gasteiger partial charge is 0.339 e. The van der Waals surface area contributed by atoms with Crippen LogP contribution in [0.25, 0.3) is 0 Å². The van der Waals surface area contributed by atoms with Crippen molar-refractivity contribution in [3.05, 3.63) is 23.8 Å². The second-order valence-corrected chi connectivity index (χ2v) is 6.39. The Morgan fingerprint density at radius 1 is 1.27 bits per heavy atom. The van der Waals surface area contributed by atoms with Gasteiger partial charge in [0.1, 0.15) is 22.3 Å². The van der Waals surface area contributed by atoms with Crippen LogP contribution in [0.3, 0.4) is 0 Å². The van der Waals surface area contributed by atoms with E-state index >= 15 is 0 Å². The molecule has 0 saturated heterocycles. The van der Waals surface area contributed by atoms with Gasteiger partial charge in [0.25, 0.3) is 0 Å². The maximum absolute atomic E-state index is 12.4. The summed E-state index contributed by atoms with van der Waals surface area (Å²) in [6.07, 6.45) is 0. The molecule has 0 radical (unpaired) electrons. The Morgan fingerprint density at radius 3 is 2.41 bits per heavy atom. The van der Waals surface area contributed by atoms with E-state index in [9.17, 15) is 14.1 Å². The van der Waals surface area contributed by atoms with E-state index in [0.29, 0.717) is 23.8 Å². The van der Waals surface area contributed by atoms with Gasteiger partial charge in [-0.3, -0.25) is 0 Å². The average molecular weight is 330 g/mol. The minimum absolute atomic E-state index is 0. The SMILES string of the molecule is C.CCOc1ccc(S(=O)N(C)CCN(C)C)cc1C(=O)O. The van der Waals surface area contributed by atoms with Gasteiger partial charge in [-0.1, -0.05) is 7.43 Å².